The Bertz CT molecular complexity index is 729. The summed E-state index contributed by atoms with van der Waals surface area (Å²) in [7, 11) is 0. The van der Waals surface area contributed by atoms with E-state index in [2.05, 4.69) is 4.99 Å². The van der Waals surface area contributed by atoms with Crippen molar-refractivity contribution in [2.24, 2.45) is 4.99 Å². The molecular weight excluding hydrogens is 280 g/mol. The summed E-state index contributed by atoms with van der Waals surface area (Å²) in [6, 6.07) is 8.24. The van der Waals surface area contributed by atoms with Gasteiger partial charge in [-0.2, -0.15) is 9.72 Å². The number of ether oxygens (including phenoxy) is 1. The van der Waals surface area contributed by atoms with Gasteiger partial charge in [-0.3, -0.25) is 0 Å². The second kappa shape index (κ2) is 5.17. The van der Waals surface area contributed by atoms with Crippen LogP contribution < -0.4 is 5.49 Å². The molecule has 0 unspecified atom stereocenters. The number of halogens is 1. The number of hydrogen-bond donors (Lipinski definition) is 1. The van der Waals surface area contributed by atoms with Crippen molar-refractivity contribution in [1.29, 1.82) is 0 Å². The van der Waals surface area contributed by atoms with Gasteiger partial charge in [-0.15, -0.1) is 0 Å². The lowest BCUT2D eigenvalue weighted by molar-refractivity contribution is 0.0588. The van der Waals surface area contributed by atoms with Crippen LogP contribution >= 0.6 is 11.6 Å². The van der Waals surface area contributed by atoms with Crippen LogP contribution in [0, 0.1) is 0 Å². The summed E-state index contributed by atoms with van der Waals surface area (Å²) in [5.41, 5.74) is -0.0427. The van der Waals surface area contributed by atoms with Crippen molar-refractivity contribution < 1.29 is 14.7 Å². The first kappa shape index (κ1) is 14.4. The Labute approximate surface area is 121 Å². The Balaban J connectivity index is 2.48. The molecule has 2 aromatic rings. The molecule has 0 aliphatic heterocycles. The van der Waals surface area contributed by atoms with Crippen LogP contribution in [0.25, 0.3) is 10.9 Å². The van der Waals surface area contributed by atoms with Crippen molar-refractivity contribution in [2.75, 3.05) is 0 Å². The monoisotopic (exact) mass is 294 g/mol. The maximum Gasteiger partial charge on any atom is 0.436 e. The quantitative estimate of drug-likeness (QED) is 0.758. The topological polar surface area (TPSA) is 63.8 Å². The molecule has 0 aliphatic rings. The van der Waals surface area contributed by atoms with Crippen LogP contribution in [0.4, 0.5) is 4.79 Å². The van der Waals surface area contributed by atoms with E-state index < -0.39 is 11.7 Å². The summed E-state index contributed by atoms with van der Waals surface area (Å²) in [6.45, 7) is 5.24. The Hall–Kier alpha value is -2.01. The maximum atomic E-state index is 11.6. The zero-order chi connectivity index (χ0) is 14.9. The molecule has 5 nitrogen and oxygen atoms in total. The van der Waals surface area contributed by atoms with Gasteiger partial charge in [0.1, 0.15) is 5.60 Å². The number of hydrogen-bond acceptors (Lipinski definition) is 3. The Morgan fingerprint density at radius 2 is 2.00 bits per heavy atom. The third-order valence-electron chi connectivity index (χ3n) is 2.45. The highest BCUT2D eigenvalue weighted by atomic mass is 35.5. The van der Waals surface area contributed by atoms with Crippen LogP contribution in [0.2, 0.25) is 5.02 Å². The van der Waals surface area contributed by atoms with E-state index in [1.54, 1.807) is 45.0 Å². The Morgan fingerprint density at radius 3 is 2.65 bits per heavy atom. The molecular formula is C14H15ClN2O3. The zero-order valence-corrected chi connectivity index (χ0v) is 12.2. The molecule has 0 spiro atoms. The molecule has 0 saturated carbocycles. The molecule has 2 rings (SSSR count). The lowest BCUT2D eigenvalue weighted by atomic mass is 10.2. The van der Waals surface area contributed by atoms with Gasteiger partial charge >= 0.3 is 6.09 Å². The highest BCUT2D eigenvalue weighted by Gasteiger charge is 2.15. The first-order valence-electron chi connectivity index (χ1n) is 6.04. The van der Waals surface area contributed by atoms with Crippen molar-refractivity contribution in [3.05, 3.63) is 40.8 Å². The van der Waals surface area contributed by atoms with Gasteiger partial charge in [0.05, 0.1) is 5.52 Å². The molecule has 6 heteroatoms. The van der Waals surface area contributed by atoms with Gasteiger partial charge < -0.3 is 9.94 Å². The van der Waals surface area contributed by atoms with Crippen molar-refractivity contribution >= 4 is 28.6 Å². The molecule has 1 heterocycles. The predicted molar refractivity (Wildman–Crippen MR) is 75.9 cm³/mol. The van der Waals surface area contributed by atoms with E-state index in [0.717, 1.165) is 10.1 Å². The molecule has 0 fully saturated rings. The molecule has 0 radical (unpaired) electrons. The fourth-order valence-corrected chi connectivity index (χ4v) is 1.85. The molecule has 1 aromatic carbocycles. The fraction of sp³-hybridized carbons (Fsp3) is 0.286. The summed E-state index contributed by atoms with van der Waals surface area (Å²) in [5.74, 6) is 0. The number of rotatable bonds is 0. The SMILES string of the molecule is CC(C)(C)OC(=O)/N=c1\ccc2cc(Cl)ccc2n1O. The minimum atomic E-state index is -0.756. The number of carbonyl (C=O) groups excluding carboxylic acids is 1. The highest BCUT2D eigenvalue weighted by molar-refractivity contribution is 6.31. The summed E-state index contributed by atoms with van der Waals surface area (Å²) >= 11 is 5.88. The first-order valence-corrected chi connectivity index (χ1v) is 6.42. The lowest BCUT2D eigenvalue weighted by Crippen LogP contribution is -2.26. The van der Waals surface area contributed by atoms with Crippen molar-refractivity contribution in [2.45, 2.75) is 26.4 Å². The minimum absolute atomic E-state index is 0.0917. The number of carbonyl (C=O) groups is 1. The van der Waals surface area contributed by atoms with Crippen LogP contribution in [-0.4, -0.2) is 21.6 Å². The second-order valence-corrected chi connectivity index (χ2v) is 5.74. The Morgan fingerprint density at radius 1 is 1.30 bits per heavy atom. The molecule has 1 aromatic heterocycles. The third-order valence-corrected chi connectivity index (χ3v) is 2.68. The average molecular weight is 295 g/mol. The van der Waals surface area contributed by atoms with Gasteiger partial charge in [-0.1, -0.05) is 11.6 Å². The van der Waals surface area contributed by atoms with Gasteiger partial charge in [0.2, 0.25) is 0 Å². The van der Waals surface area contributed by atoms with Crippen LogP contribution in [0.1, 0.15) is 20.8 Å². The summed E-state index contributed by atoms with van der Waals surface area (Å²) in [4.78, 5) is 15.4. The standard InChI is InChI=1S/C14H15ClN2O3/c1-14(2,3)20-13(18)16-12-7-4-9-8-10(15)5-6-11(9)17(12)19/h4-8,19H,1-3H3/b16-12+. The van der Waals surface area contributed by atoms with E-state index >= 15 is 0 Å². The summed E-state index contributed by atoms with van der Waals surface area (Å²) in [6.07, 6.45) is -0.756. The molecule has 1 amide bonds. The van der Waals surface area contributed by atoms with Crippen LogP contribution in [0.15, 0.2) is 35.3 Å². The van der Waals surface area contributed by atoms with Crippen LogP contribution in [0.5, 0.6) is 0 Å². The smallest absolute Gasteiger partial charge is 0.436 e. The van der Waals surface area contributed by atoms with Gasteiger partial charge in [-0.25, -0.2) is 4.79 Å². The highest BCUT2D eigenvalue weighted by Crippen LogP contribution is 2.17. The molecule has 20 heavy (non-hydrogen) atoms. The van der Waals surface area contributed by atoms with Gasteiger partial charge in [0.15, 0.2) is 5.49 Å². The van der Waals surface area contributed by atoms with Crippen molar-refractivity contribution in [3.8, 4) is 0 Å². The maximum absolute atomic E-state index is 11.6. The number of nitrogens with zero attached hydrogens (tertiary/aromatic N) is 2. The van der Waals surface area contributed by atoms with E-state index in [4.69, 9.17) is 16.3 Å². The zero-order valence-electron chi connectivity index (χ0n) is 11.4. The van der Waals surface area contributed by atoms with E-state index in [0.29, 0.717) is 10.5 Å². The largest absolute Gasteiger partial charge is 0.442 e. The first-order chi connectivity index (χ1) is 9.26. The molecule has 1 N–H and O–H groups in total. The molecule has 0 atom stereocenters. The lowest BCUT2D eigenvalue weighted by Gasteiger charge is -2.17. The third kappa shape index (κ3) is 3.30. The Kier molecular flexibility index (Phi) is 3.72. The average Bonchev–Trinajstić information content (AvgIpc) is 2.30. The van der Waals surface area contributed by atoms with E-state index in [1.165, 1.54) is 6.07 Å². The normalized spacial score (nSPS) is 12.7. The van der Waals surface area contributed by atoms with Crippen LogP contribution in [0.3, 0.4) is 0 Å². The van der Waals surface area contributed by atoms with Gasteiger partial charge in [0.25, 0.3) is 0 Å². The predicted octanol–water partition coefficient (Wildman–Crippen LogP) is 3.37. The van der Waals surface area contributed by atoms with Gasteiger partial charge in [-0.05, 0) is 51.1 Å². The number of amides is 1. The minimum Gasteiger partial charge on any atom is -0.442 e. The molecule has 0 bridgehead atoms. The number of pyridine rings is 1. The fourth-order valence-electron chi connectivity index (χ4n) is 1.67. The van der Waals surface area contributed by atoms with Crippen LogP contribution in [-0.2, 0) is 4.74 Å². The molecule has 0 aliphatic carbocycles. The number of benzene rings is 1. The summed E-state index contributed by atoms with van der Waals surface area (Å²) in [5, 5.41) is 11.4. The van der Waals surface area contributed by atoms with E-state index in [-0.39, 0.29) is 5.49 Å². The second-order valence-electron chi connectivity index (χ2n) is 5.30. The van der Waals surface area contributed by atoms with Crippen molar-refractivity contribution in [3.63, 3.8) is 0 Å². The van der Waals surface area contributed by atoms with E-state index in [1.807, 2.05) is 0 Å². The molecule has 0 saturated heterocycles. The molecule has 106 valence electrons. The van der Waals surface area contributed by atoms with E-state index in [9.17, 15) is 10.0 Å². The number of fused-ring (bicyclic) bond motifs is 1. The van der Waals surface area contributed by atoms with Crippen molar-refractivity contribution in [1.82, 2.24) is 4.73 Å². The summed E-state index contributed by atoms with van der Waals surface area (Å²) < 4.78 is 5.91. The number of aromatic nitrogens is 1. The van der Waals surface area contributed by atoms with Gasteiger partial charge in [0, 0.05) is 10.4 Å².